The van der Waals surface area contributed by atoms with E-state index in [0.29, 0.717) is 22.2 Å². The van der Waals surface area contributed by atoms with Gasteiger partial charge in [0.1, 0.15) is 4.83 Å². The predicted molar refractivity (Wildman–Crippen MR) is 112 cm³/mol. The molecule has 0 aliphatic carbocycles. The summed E-state index contributed by atoms with van der Waals surface area (Å²) in [5.41, 5.74) is 2.43. The summed E-state index contributed by atoms with van der Waals surface area (Å²) < 4.78 is 15.8. The normalized spacial score (nSPS) is 17.4. The van der Waals surface area contributed by atoms with Gasteiger partial charge in [0.25, 0.3) is 5.91 Å². The number of nitrogens with one attached hydrogen (secondary N) is 1. The van der Waals surface area contributed by atoms with Crippen molar-refractivity contribution in [1.82, 2.24) is 19.3 Å². The number of likely N-dealkylation sites (N-methyl/N-ethyl adjacent to an activating group) is 1. The molecular formula is C21H20FN5OS. The van der Waals surface area contributed by atoms with Crippen LogP contribution in [0.1, 0.15) is 33.4 Å². The second kappa shape index (κ2) is 6.89. The third-order valence-electron chi connectivity index (χ3n) is 5.32. The Morgan fingerprint density at radius 2 is 2.14 bits per heavy atom. The van der Waals surface area contributed by atoms with E-state index in [4.69, 9.17) is 4.98 Å². The Labute approximate surface area is 171 Å². The van der Waals surface area contributed by atoms with Gasteiger partial charge < -0.3 is 14.6 Å². The van der Waals surface area contributed by atoms with Crippen LogP contribution in [0.4, 0.5) is 10.1 Å². The minimum atomic E-state index is -0.472. The zero-order chi connectivity index (χ0) is 20.1. The first-order valence-corrected chi connectivity index (χ1v) is 10.3. The molecule has 29 heavy (non-hydrogen) atoms. The lowest BCUT2D eigenvalue weighted by Crippen LogP contribution is -2.13. The van der Waals surface area contributed by atoms with Gasteiger partial charge in [-0.25, -0.2) is 14.4 Å². The largest absolute Gasteiger partial charge is 0.320 e. The maximum absolute atomic E-state index is 14.3. The summed E-state index contributed by atoms with van der Waals surface area (Å²) in [4.78, 5) is 25.4. The second-order valence-corrected chi connectivity index (χ2v) is 8.66. The summed E-state index contributed by atoms with van der Waals surface area (Å²) in [5, 5.41) is 3.73. The van der Waals surface area contributed by atoms with E-state index in [9.17, 15) is 9.18 Å². The summed E-state index contributed by atoms with van der Waals surface area (Å²) >= 11 is 1.36. The topological polar surface area (TPSA) is 62.5 Å². The van der Waals surface area contributed by atoms with Crippen LogP contribution >= 0.6 is 11.3 Å². The molecule has 0 unspecified atom stereocenters. The third-order valence-corrected chi connectivity index (χ3v) is 6.37. The highest BCUT2D eigenvalue weighted by Crippen LogP contribution is 2.30. The van der Waals surface area contributed by atoms with E-state index in [2.05, 4.69) is 28.3 Å². The first kappa shape index (κ1) is 18.2. The molecule has 0 bridgehead atoms. The highest BCUT2D eigenvalue weighted by Gasteiger charge is 2.23. The minimum Gasteiger partial charge on any atom is -0.320 e. The Bertz CT molecular complexity index is 1250. The van der Waals surface area contributed by atoms with E-state index in [0.717, 1.165) is 35.4 Å². The Balaban J connectivity index is 1.40. The fraction of sp³-hybridized carbons (Fsp3) is 0.286. The SMILES string of the molecule is Cc1cn2cc(NC(=O)c3cc4ccc([C@@H]5CCN(C)C5)nc4s3)cc(F)c2n1. The number of carbonyl (C=O) groups excluding carboxylic acids is 1. The van der Waals surface area contributed by atoms with Crippen LogP contribution < -0.4 is 5.32 Å². The van der Waals surface area contributed by atoms with Crippen LogP contribution in [-0.4, -0.2) is 45.3 Å². The number of hydrogen-bond acceptors (Lipinski definition) is 5. The van der Waals surface area contributed by atoms with Gasteiger partial charge in [-0.1, -0.05) is 6.07 Å². The summed E-state index contributed by atoms with van der Waals surface area (Å²) in [6, 6.07) is 7.22. The quantitative estimate of drug-likeness (QED) is 0.554. The summed E-state index contributed by atoms with van der Waals surface area (Å²) in [6.45, 7) is 3.89. The number of fused-ring (bicyclic) bond motifs is 2. The lowest BCUT2D eigenvalue weighted by atomic mass is 10.0. The molecule has 148 valence electrons. The predicted octanol–water partition coefficient (Wildman–Crippen LogP) is 4.06. The molecule has 1 N–H and O–H groups in total. The molecule has 1 amide bonds. The van der Waals surface area contributed by atoms with E-state index in [1.807, 2.05) is 12.1 Å². The number of aryl methyl sites for hydroxylation is 1. The number of nitrogens with zero attached hydrogens (tertiary/aromatic N) is 4. The Morgan fingerprint density at radius 1 is 1.28 bits per heavy atom. The number of amides is 1. The van der Waals surface area contributed by atoms with Crippen LogP contribution in [0.2, 0.25) is 0 Å². The van der Waals surface area contributed by atoms with E-state index in [-0.39, 0.29) is 11.6 Å². The standard InChI is InChI=1S/C21H20FN5OS/c1-12-9-27-11-15(8-16(22)19(27)23-12)24-20(28)18-7-13-3-4-17(25-21(13)29-18)14-5-6-26(2)10-14/h3-4,7-9,11,14H,5-6,10H2,1-2H3,(H,24,28)/t14-/m1/s1. The van der Waals surface area contributed by atoms with Crippen LogP contribution in [0.25, 0.3) is 15.9 Å². The van der Waals surface area contributed by atoms with Gasteiger partial charge in [0, 0.05) is 42.0 Å². The number of anilines is 1. The summed E-state index contributed by atoms with van der Waals surface area (Å²) in [5.74, 6) is -0.303. The lowest BCUT2D eigenvalue weighted by molar-refractivity contribution is 0.103. The molecule has 6 nitrogen and oxygen atoms in total. The lowest BCUT2D eigenvalue weighted by Gasteiger charge is -2.09. The van der Waals surface area contributed by atoms with Crippen molar-refractivity contribution in [1.29, 1.82) is 0 Å². The molecule has 5 rings (SSSR count). The Hall–Kier alpha value is -2.84. The van der Waals surface area contributed by atoms with Crippen LogP contribution in [0.5, 0.6) is 0 Å². The number of carbonyl (C=O) groups is 1. The number of halogens is 1. The number of likely N-dealkylation sites (tertiary alicyclic amines) is 1. The number of hydrogen-bond donors (Lipinski definition) is 1. The maximum Gasteiger partial charge on any atom is 0.265 e. The molecule has 1 aliphatic heterocycles. The van der Waals surface area contributed by atoms with Gasteiger partial charge >= 0.3 is 0 Å². The van der Waals surface area contributed by atoms with Crippen molar-refractivity contribution in [2.45, 2.75) is 19.3 Å². The van der Waals surface area contributed by atoms with Crippen molar-refractivity contribution in [3.05, 3.63) is 58.7 Å². The second-order valence-electron chi connectivity index (χ2n) is 7.63. The van der Waals surface area contributed by atoms with E-state index >= 15 is 0 Å². The zero-order valence-corrected chi connectivity index (χ0v) is 17.0. The molecule has 0 saturated carbocycles. The van der Waals surface area contributed by atoms with Gasteiger partial charge in [-0.15, -0.1) is 11.3 Å². The highest BCUT2D eigenvalue weighted by atomic mass is 32.1. The van der Waals surface area contributed by atoms with Gasteiger partial charge in [-0.05, 0) is 39.1 Å². The van der Waals surface area contributed by atoms with E-state index in [1.165, 1.54) is 17.4 Å². The molecule has 0 radical (unpaired) electrons. The van der Waals surface area contributed by atoms with E-state index < -0.39 is 5.82 Å². The van der Waals surface area contributed by atoms with Crippen LogP contribution in [0, 0.1) is 12.7 Å². The Morgan fingerprint density at radius 3 is 2.93 bits per heavy atom. The third kappa shape index (κ3) is 3.38. The zero-order valence-electron chi connectivity index (χ0n) is 16.1. The maximum atomic E-state index is 14.3. The fourth-order valence-electron chi connectivity index (χ4n) is 3.89. The molecule has 1 saturated heterocycles. The fourth-order valence-corrected chi connectivity index (χ4v) is 4.82. The number of aromatic nitrogens is 3. The molecule has 4 aromatic rings. The molecule has 1 fully saturated rings. The van der Waals surface area contributed by atoms with Crippen molar-refractivity contribution < 1.29 is 9.18 Å². The monoisotopic (exact) mass is 409 g/mol. The Kier molecular flexibility index (Phi) is 4.33. The number of pyridine rings is 2. The highest BCUT2D eigenvalue weighted by molar-refractivity contribution is 7.20. The van der Waals surface area contributed by atoms with Crippen molar-refractivity contribution in [3.8, 4) is 0 Å². The van der Waals surface area contributed by atoms with Gasteiger partial charge in [-0.3, -0.25) is 4.79 Å². The average Bonchev–Trinajstić information content (AvgIpc) is 3.38. The number of thiophene rings is 1. The molecule has 8 heteroatoms. The van der Waals surface area contributed by atoms with Crippen molar-refractivity contribution in [3.63, 3.8) is 0 Å². The van der Waals surface area contributed by atoms with Crippen LogP contribution in [-0.2, 0) is 0 Å². The molecule has 0 spiro atoms. The molecule has 4 aromatic heterocycles. The van der Waals surface area contributed by atoms with Gasteiger partial charge in [0.15, 0.2) is 11.5 Å². The first-order valence-electron chi connectivity index (χ1n) is 9.51. The summed E-state index contributed by atoms with van der Waals surface area (Å²) in [6.07, 6.45) is 4.49. The molecule has 5 heterocycles. The molecular weight excluding hydrogens is 389 g/mol. The molecule has 1 aliphatic rings. The van der Waals surface area contributed by atoms with Crippen LogP contribution in [0.15, 0.2) is 36.7 Å². The summed E-state index contributed by atoms with van der Waals surface area (Å²) in [7, 11) is 2.12. The average molecular weight is 409 g/mol. The molecule has 0 aromatic carbocycles. The minimum absolute atomic E-state index is 0.247. The van der Waals surface area contributed by atoms with E-state index in [1.54, 1.807) is 23.7 Å². The number of imidazole rings is 1. The van der Waals surface area contributed by atoms with Gasteiger partial charge in [-0.2, -0.15) is 0 Å². The molecule has 1 atom stereocenters. The smallest absolute Gasteiger partial charge is 0.265 e. The van der Waals surface area contributed by atoms with Crippen molar-refractivity contribution in [2.75, 3.05) is 25.5 Å². The van der Waals surface area contributed by atoms with Crippen molar-refractivity contribution >= 4 is 38.8 Å². The van der Waals surface area contributed by atoms with Crippen LogP contribution in [0.3, 0.4) is 0 Å². The van der Waals surface area contributed by atoms with Gasteiger partial charge in [0.05, 0.1) is 16.3 Å². The number of rotatable bonds is 3. The van der Waals surface area contributed by atoms with Crippen molar-refractivity contribution in [2.24, 2.45) is 0 Å². The first-order chi connectivity index (χ1) is 14.0. The van der Waals surface area contributed by atoms with Gasteiger partial charge in [0.2, 0.25) is 0 Å².